The highest BCUT2D eigenvalue weighted by molar-refractivity contribution is 5.71. The summed E-state index contributed by atoms with van der Waals surface area (Å²) in [6.45, 7) is 6.69. The fourth-order valence-corrected chi connectivity index (χ4v) is 8.45. The molecule has 61 heavy (non-hydrogen) atoms. The summed E-state index contributed by atoms with van der Waals surface area (Å²) in [4.78, 5) is 38.0. The van der Waals surface area contributed by atoms with E-state index in [1.807, 2.05) is 0 Å². The van der Waals surface area contributed by atoms with Gasteiger partial charge in [0.15, 0.2) is 6.10 Å². The molecule has 0 rings (SSSR count). The van der Waals surface area contributed by atoms with Gasteiger partial charge in [0.1, 0.15) is 13.2 Å². The van der Waals surface area contributed by atoms with Gasteiger partial charge in [-0.2, -0.15) is 0 Å². The van der Waals surface area contributed by atoms with Gasteiger partial charge < -0.3 is 14.2 Å². The molecule has 362 valence electrons. The van der Waals surface area contributed by atoms with Gasteiger partial charge >= 0.3 is 17.9 Å². The van der Waals surface area contributed by atoms with E-state index in [9.17, 15) is 14.4 Å². The zero-order valence-corrected chi connectivity index (χ0v) is 41.5. The van der Waals surface area contributed by atoms with E-state index < -0.39 is 6.10 Å². The van der Waals surface area contributed by atoms with Crippen molar-refractivity contribution in [1.82, 2.24) is 0 Å². The lowest BCUT2D eigenvalue weighted by Gasteiger charge is -2.18. The Morgan fingerprint density at radius 2 is 0.443 bits per heavy atom. The second kappa shape index (κ2) is 51.0. The smallest absolute Gasteiger partial charge is 0.306 e. The minimum atomic E-state index is -0.760. The van der Waals surface area contributed by atoms with Gasteiger partial charge in [-0.3, -0.25) is 14.4 Å². The molecule has 0 bridgehead atoms. The quantitative estimate of drug-likeness (QED) is 0.0344. The molecule has 0 aromatic carbocycles. The zero-order chi connectivity index (χ0) is 44.4. The first-order valence-electron chi connectivity index (χ1n) is 27.5. The molecule has 0 aliphatic rings. The van der Waals surface area contributed by atoms with E-state index in [1.54, 1.807) is 0 Å². The van der Waals surface area contributed by atoms with Gasteiger partial charge in [0.2, 0.25) is 0 Å². The summed E-state index contributed by atoms with van der Waals surface area (Å²) >= 11 is 0. The lowest BCUT2D eigenvalue weighted by molar-refractivity contribution is -0.167. The van der Waals surface area contributed by atoms with Crippen LogP contribution < -0.4 is 0 Å². The molecule has 0 radical (unpaired) electrons. The second-order valence-corrected chi connectivity index (χ2v) is 18.9. The van der Waals surface area contributed by atoms with Crippen molar-refractivity contribution >= 4 is 17.9 Å². The Morgan fingerprint density at radius 1 is 0.262 bits per heavy atom. The number of unbranched alkanes of at least 4 members (excludes halogenated alkanes) is 40. The highest BCUT2D eigenvalue weighted by atomic mass is 16.6. The van der Waals surface area contributed by atoms with E-state index in [0.717, 1.165) is 57.8 Å². The number of esters is 3. The van der Waals surface area contributed by atoms with Crippen LogP contribution in [0.1, 0.15) is 316 Å². The molecule has 0 N–H and O–H groups in total. The van der Waals surface area contributed by atoms with E-state index >= 15 is 0 Å². The highest BCUT2D eigenvalue weighted by Gasteiger charge is 2.19. The zero-order valence-electron chi connectivity index (χ0n) is 41.5. The van der Waals surface area contributed by atoms with Crippen LogP contribution in [0.2, 0.25) is 0 Å². The topological polar surface area (TPSA) is 78.9 Å². The largest absolute Gasteiger partial charge is 0.462 e. The van der Waals surface area contributed by atoms with Crippen molar-refractivity contribution in [3.8, 4) is 0 Å². The number of hydrogen-bond donors (Lipinski definition) is 0. The van der Waals surface area contributed by atoms with Crippen LogP contribution in [0.3, 0.4) is 0 Å². The van der Waals surface area contributed by atoms with Crippen LogP contribution in [0.15, 0.2) is 0 Å². The number of carbonyl (C=O) groups excluding carboxylic acids is 3. The van der Waals surface area contributed by atoms with Gasteiger partial charge in [-0.25, -0.2) is 0 Å². The molecule has 0 heterocycles. The van der Waals surface area contributed by atoms with Crippen molar-refractivity contribution in [2.75, 3.05) is 13.2 Å². The average Bonchev–Trinajstić information content (AvgIpc) is 3.26. The first-order chi connectivity index (χ1) is 30.0. The molecule has 6 heteroatoms. The third-order valence-corrected chi connectivity index (χ3v) is 12.6. The molecule has 0 fully saturated rings. The molecular formula is C55H106O6. The summed E-state index contributed by atoms with van der Waals surface area (Å²) in [7, 11) is 0. The first kappa shape index (κ1) is 59.4. The maximum atomic E-state index is 12.8. The van der Waals surface area contributed by atoms with Gasteiger partial charge in [0, 0.05) is 19.3 Å². The number of hydrogen-bond acceptors (Lipinski definition) is 6. The monoisotopic (exact) mass is 863 g/mol. The molecule has 0 aromatic heterocycles. The van der Waals surface area contributed by atoms with Crippen molar-refractivity contribution < 1.29 is 28.6 Å². The molecule has 0 amide bonds. The molecule has 0 saturated heterocycles. The fraction of sp³-hybridized carbons (Fsp3) is 0.945. The maximum absolute atomic E-state index is 12.8. The molecule has 0 unspecified atom stereocenters. The normalized spacial score (nSPS) is 11.4. The van der Waals surface area contributed by atoms with Crippen LogP contribution in [-0.4, -0.2) is 37.2 Å². The minimum Gasteiger partial charge on any atom is -0.462 e. The molecule has 0 aromatic rings. The Morgan fingerprint density at radius 3 is 0.656 bits per heavy atom. The summed E-state index contributed by atoms with van der Waals surface area (Å²) < 4.78 is 16.9. The third-order valence-electron chi connectivity index (χ3n) is 12.6. The van der Waals surface area contributed by atoms with E-state index in [4.69, 9.17) is 14.2 Å². The summed E-state index contributed by atoms with van der Waals surface area (Å²) in [5, 5.41) is 0. The first-order valence-corrected chi connectivity index (χ1v) is 27.5. The Balaban J connectivity index is 4.29. The summed E-state index contributed by atoms with van der Waals surface area (Å²) in [5.41, 5.74) is 0. The van der Waals surface area contributed by atoms with E-state index in [2.05, 4.69) is 20.8 Å². The van der Waals surface area contributed by atoms with Crippen LogP contribution in [0.5, 0.6) is 0 Å². The highest BCUT2D eigenvalue weighted by Crippen LogP contribution is 2.17. The van der Waals surface area contributed by atoms with E-state index in [-0.39, 0.29) is 31.1 Å². The van der Waals surface area contributed by atoms with Crippen molar-refractivity contribution in [3.05, 3.63) is 0 Å². The van der Waals surface area contributed by atoms with Crippen molar-refractivity contribution in [3.63, 3.8) is 0 Å². The van der Waals surface area contributed by atoms with Crippen LogP contribution in [-0.2, 0) is 28.6 Å². The lowest BCUT2D eigenvalue weighted by Crippen LogP contribution is -2.30. The molecule has 0 saturated carbocycles. The van der Waals surface area contributed by atoms with Gasteiger partial charge in [0.25, 0.3) is 0 Å². The lowest BCUT2D eigenvalue weighted by atomic mass is 10.0. The molecular weight excluding hydrogens is 757 g/mol. The van der Waals surface area contributed by atoms with Crippen molar-refractivity contribution in [2.24, 2.45) is 0 Å². The van der Waals surface area contributed by atoms with E-state index in [0.29, 0.717) is 19.3 Å². The summed E-state index contributed by atoms with van der Waals surface area (Å²) in [6, 6.07) is 0. The Hall–Kier alpha value is -1.59. The predicted molar refractivity (Wildman–Crippen MR) is 261 cm³/mol. The van der Waals surface area contributed by atoms with Gasteiger partial charge in [-0.15, -0.1) is 0 Å². The van der Waals surface area contributed by atoms with Crippen LogP contribution in [0.4, 0.5) is 0 Å². The minimum absolute atomic E-state index is 0.0614. The molecule has 0 aliphatic heterocycles. The molecule has 0 aliphatic carbocycles. The van der Waals surface area contributed by atoms with Crippen LogP contribution in [0.25, 0.3) is 0 Å². The average molecular weight is 863 g/mol. The summed E-state index contributed by atoms with van der Waals surface area (Å²) in [5.74, 6) is -0.835. The van der Waals surface area contributed by atoms with Crippen molar-refractivity contribution in [2.45, 2.75) is 322 Å². The van der Waals surface area contributed by atoms with Crippen molar-refractivity contribution in [1.29, 1.82) is 0 Å². The SMILES string of the molecule is CCCCCCCCCCCCCCCCCC(=O)OCC(COC(=O)CCCCCCCCCCCCCCCCC)OC(=O)CCCCCCCCCCCCCCC. The molecule has 0 spiro atoms. The number of carbonyl (C=O) groups is 3. The Bertz CT molecular complexity index is 855. The van der Waals surface area contributed by atoms with Crippen LogP contribution >= 0.6 is 0 Å². The third kappa shape index (κ3) is 49.3. The molecule has 6 nitrogen and oxygen atoms in total. The maximum Gasteiger partial charge on any atom is 0.306 e. The summed E-state index contributed by atoms with van der Waals surface area (Å²) in [6.07, 6.45) is 55.1. The fourth-order valence-electron chi connectivity index (χ4n) is 8.45. The Labute approximate surface area is 380 Å². The van der Waals surface area contributed by atoms with Gasteiger partial charge in [-0.1, -0.05) is 278 Å². The van der Waals surface area contributed by atoms with E-state index in [1.165, 1.54) is 218 Å². The van der Waals surface area contributed by atoms with Gasteiger partial charge in [-0.05, 0) is 19.3 Å². The second-order valence-electron chi connectivity index (χ2n) is 18.9. The number of rotatable bonds is 51. The predicted octanol–water partition coefficient (Wildman–Crippen LogP) is 18.0. The molecule has 0 atom stereocenters. The standard InChI is InChI=1S/C55H106O6/c1-4-7-10-13-16-19-22-25-27-30-32-35-38-41-44-47-53(56)59-50-52(61-55(58)49-46-43-40-37-34-29-24-21-18-15-12-9-6-3)51-60-54(57)48-45-42-39-36-33-31-28-26-23-20-17-14-11-8-5-2/h52H,4-51H2,1-3H3. The Kier molecular flexibility index (Phi) is 49.7. The van der Waals surface area contributed by atoms with Gasteiger partial charge in [0.05, 0.1) is 0 Å². The number of ether oxygens (including phenoxy) is 3. The van der Waals surface area contributed by atoms with Crippen LogP contribution in [0, 0.1) is 0 Å².